The quantitative estimate of drug-likeness (QED) is 0.517. The summed E-state index contributed by atoms with van der Waals surface area (Å²) in [6, 6.07) is 8.90. The lowest BCUT2D eigenvalue weighted by Crippen LogP contribution is -2.23. The highest BCUT2D eigenvalue weighted by atomic mass is 79.9. The number of rotatable bonds is 7. The molecule has 2 aromatic rings. The fourth-order valence-electron chi connectivity index (χ4n) is 1.85. The summed E-state index contributed by atoms with van der Waals surface area (Å²) >= 11 is 6.31. The Kier molecular flexibility index (Phi) is 7.39. The van der Waals surface area contributed by atoms with Crippen molar-refractivity contribution in [2.24, 2.45) is 0 Å². The molecule has 1 aromatic carbocycles. The van der Waals surface area contributed by atoms with Gasteiger partial charge in [0.15, 0.2) is 5.16 Å². The number of aromatic amines is 1. The van der Waals surface area contributed by atoms with Crippen LogP contribution in [0.15, 0.2) is 44.8 Å². The van der Waals surface area contributed by atoms with Crippen molar-refractivity contribution in [2.75, 3.05) is 11.1 Å². The van der Waals surface area contributed by atoms with Gasteiger partial charge >= 0.3 is 0 Å². The molecule has 0 saturated heterocycles. The summed E-state index contributed by atoms with van der Waals surface area (Å²) in [5.74, 6) is 1.50. The van der Waals surface area contributed by atoms with Crippen LogP contribution in [0.2, 0.25) is 0 Å². The van der Waals surface area contributed by atoms with Crippen molar-refractivity contribution in [3.63, 3.8) is 0 Å². The number of benzene rings is 1. The van der Waals surface area contributed by atoms with Crippen molar-refractivity contribution in [3.8, 4) is 0 Å². The van der Waals surface area contributed by atoms with Crippen molar-refractivity contribution >= 4 is 51.0 Å². The maximum atomic E-state index is 12.3. The SMILES string of the molecule is CCSCc1cc(=O)[nH]c(SC(C)C(=O)Nc2cccc(Br)c2)n1. The second-order valence-electron chi connectivity index (χ2n) is 4.94. The van der Waals surface area contributed by atoms with Crippen molar-refractivity contribution in [3.05, 3.63) is 50.9 Å². The van der Waals surface area contributed by atoms with Gasteiger partial charge in [-0.25, -0.2) is 4.98 Å². The Morgan fingerprint density at radius 2 is 2.21 bits per heavy atom. The fraction of sp³-hybridized carbons (Fsp3) is 0.312. The Hall–Kier alpha value is -1.25. The standard InChI is InChI=1S/C16H18BrN3O2S2/c1-3-23-9-13-8-14(21)20-16(19-13)24-10(2)15(22)18-12-6-4-5-11(17)7-12/h4-8,10H,3,9H2,1-2H3,(H,18,22)(H,19,20,21). The second kappa shape index (κ2) is 9.29. The molecule has 5 nitrogen and oxygen atoms in total. The zero-order chi connectivity index (χ0) is 17.5. The number of hydrogen-bond donors (Lipinski definition) is 2. The molecule has 1 aromatic heterocycles. The largest absolute Gasteiger partial charge is 0.325 e. The van der Waals surface area contributed by atoms with Crippen LogP contribution in [0.25, 0.3) is 0 Å². The highest BCUT2D eigenvalue weighted by molar-refractivity contribution is 9.10. The van der Waals surface area contributed by atoms with Crippen LogP contribution in [0.5, 0.6) is 0 Å². The first-order chi connectivity index (χ1) is 11.5. The Labute approximate surface area is 157 Å². The van der Waals surface area contributed by atoms with Gasteiger partial charge in [0.1, 0.15) is 0 Å². The molecule has 1 unspecified atom stereocenters. The molecule has 0 aliphatic rings. The van der Waals surface area contributed by atoms with Gasteiger partial charge in [0.25, 0.3) is 5.56 Å². The van der Waals surface area contributed by atoms with Gasteiger partial charge in [0, 0.05) is 22.0 Å². The molecule has 8 heteroatoms. The molecule has 1 atom stereocenters. The van der Waals surface area contributed by atoms with E-state index in [0.29, 0.717) is 10.9 Å². The number of thioether (sulfide) groups is 2. The molecular weight excluding hydrogens is 410 g/mol. The van der Waals surface area contributed by atoms with Gasteiger partial charge < -0.3 is 10.3 Å². The zero-order valence-electron chi connectivity index (χ0n) is 13.3. The normalized spacial score (nSPS) is 12.0. The van der Waals surface area contributed by atoms with Crippen LogP contribution in [0.4, 0.5) is 5.69 Å². The van der Waals surface area contributed by atoms with Crippen LogP contribution in [0, 0.1) is 0 Å². The minimum absolute atomic E-state index is 0.144. The second-order valence-corrected chi connectivity index (χ2v) is 8.46. The predicted molar refractivity (Wildman–Crippen MR) is 105 cm³/mol. The molecule has 0 aliphatic carbocycles. The van der Waals surface area contributed by atoms with Crippen LogP contribution in [-0.2, 0) is 10.5 Å². The topological polar surface area (TPSA) is 74.8 Å². The lowest BCUT2D eigenvalue weighted by Gasteiger charge is -2.12. The van der Waals surface area contributed by atoms with Crippen LogP contribution >= 0.6 is 39.5 Å². The van der Waals surface area contributed by atoms with Gasteiger partial charge in [-0.1, -0.05) is 40.7 Å². The molecule has 1 heterocycles. The molecule has 0 bridgehead atoms. The van der Waals surface area contributed by atoms with Crippen LogP contribution in [0.1, 0.15) is 19.5 Å². The number of carbonyl (C=O) groups is 1. The van der Waals surface area contributed by atoms with Crippen LogP contribution in [-0.4, -0.2) is 26.9 Å². The van der Waals surface area contributed by atoms with Crippen molar-refractivity contribution in [1.29, 1.82) is 0 Å². The first kappa shape index (κ1) is 19.1. The maximum Gasteiger partial charge on any atom is 0.251 e. The molecule has 0 aliphatic heterocycles. The summed E-state index contributed by atoms with van der Waals surface area (Å²) in [5.41, 5.74) is 1.25. The molecule has 128 valence electrons. The third kappa shape index (κ3) is 5.99. The Bertz CT molecular complexity index is 767. The summed E-state index contributed by atoms with van der Waals surface area (Å²) in [6.45, 7) is 3.84. The summed E-state index contributed by atoms with van der Waals surface area (Å²) in [4.78, 5) is 31.1. The zero-order valence-corrected chi connectivity index (χ0v) is 16.6. The van der Waals surface area contributed by atoms with Gasteiger partial charge in [-0.2, -0.15) is 11.8 Å². The van der Waals surface area contributed by atoms with E-state index in [9.17, 15) is 9.59 Å². The van der Waals surface area contributed by atoms with E-state index in [4.69, 9.17) is 0 Å². The summed E-state index contributed by atoms with van der Waals surface area (Å²) in [7, 11) is 0. The Balaban J connectivity index is 2.03. The molecule has 0 spiro atoms. The maximum absolute atomic E-state index is 12.3. The molecular formula is C16H18BrN3O2S2. The van der Waals surface area contributed by atoms with E-state index in [1.54, 1.807) is 18.7 Å². The molecule has 2 N–H and O–H groups in total. The van der Waals surface area contributed by atoms with E-state index in [1.165, 1.54) is 17.8 Å². The smallest absolute Gasteiger partial charge is 0.251 e. The molecule has 0 saturated carbocycles. The lowest BCUT2D eigenvalue weighted by atomic mass is 10.3. The van der Waals surface area contributed by atoms with Crippen molar-refractivity contribution in [2.45, 2.75) is 30.0 Å². The van der Waals surface area contributed by atoms with Crippen molar-refractivity contribution in [1.82, 2.24) is 9.97 Å². The number of nitrogens with one attached hydrogen (secondary N) is 2. The summed E-state index contributed by atoms with van der Waals surface area (Å²) in [6.07, 6.45) is 0. The van der Waals surface area contributed by atoms with Gasteiger partial charge in [-0.05, 0) is 30.9 Å². The molecule has 0 radical (unpaired) electrons. The third-order valence-corrected chi connectivity index (χ3v) is 5.36. The monoisotopic (exact) mass is 427 g/mol. The number of H-pyrrole nitrogens is 1. The molecule has 24 heavy (non-hydrogen) atoms. The number of halogens is 1. The van der Waals surface area contributed by atoms with Crippen LogP contribution in [0.3, 0.4) is 0 Å². The number of carbonyl (C=O) groups excluding carboxylic acids is 1. The summed E-state index contributed by atoms with van der Waals surface area (Å²) in [5, 5.41) is 2.93. The minimum atomic E-state index is -0.388. The number of anilines is 1. The van der Waals surface area contributed by atoms with E-state index < -0.39 is 0 Å². The van der Waals surface area contributed by atoms with Gasteiger partial charge in [0.05, 0.1) is 10.9 Å². The highest BCUT2D eigenvalue weighted by Crippen LogP contribution is 2.22. The fourth-order valence-corrected chi connectivity index (χ4v) is 3.64. The average Bonchev–Trinajstić information content (AvgIpc) is 2.52. The minimum Gasteiger partial charge on any atom is -0.325 e. The Morgan fingerprint density at radius 3 is 2.92 bits per heavy atom. The average molecular weight is 428 g/mol. The van der Waals surface area contributed by atoms with E-state index in [1.807, 2.05) is 24.3 Å². The predicted octanol–water partition coefficient (Wildman–Crippen LogP) is 3.90. The van der Waals surface area contributed by atoms with E-state index in [0.717, 1.165) is 21.6 Å². The molecule has 2 rings (SSSR count). The van der Waals surface area contributed by atoms with E-state index in [-0.39, 0.29) is 16.7 Å². The van der Waals surface area contributed by atoms with Gasteiger partial charge in [-0.15, -0.1) is 0 Å². The Morgan fingerprint density at radius 1 is 1.42 bits per heavy atom. The summed E-state index contributed by atoms with van der Waals surface area (Å²) < 4.78 is 0.896. The van der Waals surface area contributed by atoms with Crippen LogP contribution < -0.4 is 10.9 Å². The number of nitrogens with zero attached hydrogens (tertiary/aromatic N) is 1. The number of hydrogen-bond acceptors (Lipinski definition) is 5. The van der Waals surface area contributed by atoms with Crippen molar-refractivity contribution < 1.29 is 4.79 Å². The third-order valence-electron chi connectivity index (χ3n) is 2.98. The van der Waals surface area contributed by atoms with E-state index in [2.05, 4.69) is 38.1 Å². The van der Waals surface area contributed by atoms with Gasteiger partial charge in [-0.3, -0.25) is 9.59 Å². The molecule has 0 fully saturated rings. The van der Waals surface area contributed by atoms with E-state index >= 15 is 0 Å². The molecule has 1 amide bonds. The van der Waals surface area contributed by atoms with Gasteiger partial charge in [0.2, 0.25) is 5.91 Å². The number of amides is 1. The first-order valence-electron chi connectivity index (χ1n) is 7.39. The lowest BCUT2D eigenvalue weighted by molar-refractivity contribution is -0.115. The highest BCUT2D eigenvalue weighted by Gasteiger charge is 2.16. The first-order valence-corrected chi connectivity index (χ1v) is 10.2. The number of aromatic nitrogens is 2.